The van der Waals surface area contributed by atoms with Crippen molar-refractivity contribution in [2.24, 2.45) is 0 Å². The molecule has 1 aliphatic rings. The smallest absolute Gasteiger partial charge is 0.243 e. The van der Waals surface area contributed by atoms with Crippen LogP contribution in [0.2, 0.25) is 0 Å². The summed E-state index contributed by atoms with van der Waals surface area (Å²) >= 11 is 0. The molecule has 0 unspecified atom stereocenters. The molecule has 7 nitrogen and oxygen atoms in total. The molecule has 26 heavy (non-hydrogen) atoms. The van der Waals surface area contributed by atoms with Gasteiger partial charge in [0, 0.05) is 17.9 Å². The number of sulfone groups is 1. The van der Waals surface area contributed by atoms with Crippen LogP contribution in [0.5, 0.6) is 0 Å². The summed E-state index contributed by atoms with van der Waals surface area (Å²) in [5, 5.41) is 10.5. The Morgan fingerprint density at radius 1 is 1.23 bits per heavy atom. The van der Waals surface area contributed by atoms with Gasteiger partial charge in [-0.2, -0.15) is 15.2 Å². The minimum atomic E-state index is -3.53. The molecule has 1 N–H and O–H groups in total. The lowest BCUT2D eigenvalue weighted by atomic mass is 9.93. The maximum absolute atomic E-state index is 14.3. The summed E-state index contributed by atoms with van der Waals surface area (Å²) in [4.78, 5) is 3.96. The first-order valence-electron chi connectivity index (χ1n) is 8.01. The van der Waals surface area contributed by atoms with Crippen LogP contribution in [0, 0.1) is 11.6 Å². The largest absolute Gasteiger partial charge is 0.261 e. The van der Waals surface area contributed by atoms with Crippen LogP contribution in [0.15, 0.2) is 29.4 Å². The van der Waals surface area contributed by atoms with Gasteiger partial charge in [-0.25, -0.2) is 22.3 Å². The molecule has 0 spiro atoms. The lowest BCUT2D eigenvalue weighted by Gasteiger charge is -2.27. The van der Waals surface area contributed by atoms with E-state index >= 15 is 0 Å². The highest BCUT2D eigenvalue weighted by atomic mass is 32.2. The standard InChI is InChI=1S/C16H15F2N5O2S/c1-26(24,25)16-19-15(20-21-16)13-8-14(23(22-13)10-3-2-4-10)11-6-5-9(17)7-12(11)18/h5-8,10H,2-4H2,1H3,(H,19,20,21). The van der Waals surface area contributed by atoms with Gasteiger partial charge < -0.3 is 0 Å². The predicted octanol–water partition coefficient (Wildman–Crippen LogP) is 2.74. The van der Waals surface area contributed by atoms with E-state index < -0.39 is 21.5 Å². The Bertz CT molecular complexity index is 1090. The highest BCUT2D eigenvalue weighted by molar-refractivity contribution is 7.90. The molecule has 4 rings (SSSR count). The fourth-order valence-corrected chi connectivity index (χ4v) is 3.30. The van der Waals surface area contributed by atoms with Crippen molar-refractivity contribution in [3.8, 4) is 22.8 Å². The lowest BCUT2D eigenvalue weighted by molar-refractivity contribution is 0.292. The third-order valence-electron chi connectivity index (χ3n) is 4.41. The molecule has 1 aromatic carbocycles. The zero-order chi connectivity index (χ0) is 18.5. The summed E-state index contributed by atoms with van der Waals surface area (Å²) in [6, 6.07) is 5.06. The average molecular weight is 379 g/mol. The summed E-state index contributed by atoms with van der Waals surface area (Å²) in [7, 11) is -3.53. The second kappa shape index (κ2) is 5.97. The maximum atomic E-state index is 14.3. The van der Waals surface area contributed by atoms with Crippen LogP contribution in [0.3, 0.4) is 0 Å². The maximum Gasteiger partial charge on any atom is 0.243 e. The highest BCUT2D eigenvalue weighted by Gasteiger charge is 2.27. The van der Waals surface area contributed by atoms with E-state index in [1.165, 1.54) is 12.1 Å². The number of nitrogens with zero attached hydrogens (tertiary/aromatic N) is 4. The minimum absolute atomic E-state index is 0.104. The third kappa shape index (κ3) is 2.90. The molecule has 1 aliphatic carbocycles. The summed E-state index contributed by atoms with van der Waals surface area (Å²) in [6.45, 7) is 0. The van der Waals surface area contributed by atoms with Gasteiger partial charge in [0.2, 0.25) is 20.8 Å². The Labute approximate surface area is 148 Å². The van der Waals surface area contributed by atoms with Gasteiger partial charge in [0.25, 0.3) is 0 Å². The average Bonchev–Trinajstić information content (AvgIpc) is 3.12. The quantitative estimate of drug-likeness (QED) is 0.752. The minimum Gasteiger partial charge on any atom is -0.261 e. The Kier molecular flexibility index (Phi) is 3.87. The number of halogens is 2. The number of aromatic amines is 1. The topological polar surface area (TPSA) is 93.5 Å². The molecule has 136 valence electrons. The van der Waals surface area contributed by atoms with Crippen molar-refractivity contribution < 1.29 is 17.2 Å². The molecule has 0 saturated heterocycles. The van der Waals surface area contributed by atoms with Crippen molar-refractivity contribution in [2.75, 3.05) is 6.26 Å². The van der Waals surface area contributed by atoms with Crippen LogP contribution in [-0.2, 0) is 9.84 Å². The molecule has 1 fully saturated rings. The van der Waals surface area contributed by atoms with E-state index in [1.807, 2.05) is 0 Å². The van der Waals surface area contributed by atoms with Gasteiger partial charge >= 0.3 is 0 Å². The summed E-state index contributed by atoms with van der Waals surface area (Å²) in [5.74, 6) is -1.25. The highest BCUT2D eigenvalue weighted by Crippen LogP contribution is 2.37. The third-order valence-corrected chi connectivity index (χ3v) is 5.29. The van der Waals surface area contributed by atoms with Gasteiger partial charge in [-0.1, -0.05) is 0 Å². The number of H-pyrrole nitrogens is 1. The Hall–Kier alpha value is -2.62. The number of rotatable bonds is 4. The fourth-order valence-electron chi connectivity index (χ4n) is 2.84. The molecule has 3 aromatic rings. The van der Waals surface area contributed by atoms with Crippen molar-refractivity contribution in [1.82, 2.24) is 25.0 Å². The van der Waals surface area contributed by atoms with Crippen molar-refractivity contribution in [3.63, 3.8) is 0 Å². The second-order valence-electron chi connectivity index (χ2n) is 6.30. The molecular weight excluding hydrogens is 364 g/mol. The van der Waals surface area contributed by atoms with E-state index in [9.17, 15) is 17.2 Å². The summed E-state index contributed by atoms with van der Waals surface area (Å²) in [6.07, 6.45) is 3.87. The summed E-state index contributed by atoms with van der Waals surface area (Å²) < 4.78 is 52.3. The van der Waals surface area contributed by atoms with E-state index in [2.05, 4.69) is 20.3 Å². The number of benzene rings is 1. The number of hydrogen-bond acceptors (Lipinski definition) is 5. The van der Waals surface area contributed by atoms with Crippen molar-refractivity contribution in [1.29, 1.82) is 0 Å². The summed E-state index contributed by atoms with van der Waals surface area (Å²) in [5.41, 5.74) is 1.02. The van der Waals surface area contributed by atoms with E-state index in [0.717, 1.165) is 31.6 Å². The fraction of sp³-hybridized carbons (Fsp3) is 0.312. The first-order valence-corrected chi connectivity index (χ1v) is 9.90. The zero-order valence-electron chi connectivity index (χ0n) is 13.8. The van der Waals surface area contributed by atoms with Crippen molar-refractivity contribution >= 4 is 9.84 Å². The van der Waals surface area contributed by atoms with Gasteiger partial charge in [-0.15, -0.1) is 0 Å². The molecule has 10 heteroatoms. The molecule has 0 aliphatic heterocycles. The number of hydrogen-bond donors (Lipinski definition) is 1. The van der Waals surface area contributed by atoms with Gasteiger partial charge in [-0.3, -0.25) is 4.68 Å². The van der Waals surface area contributed by atoms with E-state index in [-0.39, 0.29) is 22.6 Å². The van der Waals surface area contributed by atoms with Gasteiger partial charge in [0.05, 0.1) is 11.7 Å². The molecular formula is C16H15F2N5O2S. The van der Waals surface area contributed by atoms with Crippen LogP contribution in [0.1, 0.15) is 25.3 Å². The van der Waals surface area contributed by atoms with Crippen LogP contribution in [0.4, 0.5) is 8.78 Å². The molecule has 0 amide bonds. The SMILES string of the molecule is CS(=O)(=O)c1nc(-c2cc(-c3ccc(F)cc3F)n(C3CCC3)n2)n[nH]1. The first-order chi connectivity index (χ1) is 12.3. The van der Waals surface area contributed by atoms with Crippen molar-refractivity contribution in [2.45, 2.75) is 30.5 Å². The monoisotopic (exact) mass is 379 g/mol. The second-order valence-corrected chi connectivity index (χ2v) is 8.24. The molecule has 0 bridgehead atoms. The van der Waals surface area contributed by atoms with E-state index in [1.54, 1.807) is 10.7 Å². The molecule has 0 radical (unpaired) electrons. The molecule has 1 saturated carbocycles. The Morgan fingerprint density at radius 2 is 2.00 bits per heavy atom. The zero-order valence-corrected chi connectivity index (χ0v) is 14.6. The molecule has 2 heterocycles. The Morgan fingerprint density at radius 3 is 2.58 bits per heavy atom. The van der Waals surface area contributed by atoms with Gasteiger partial charge in [-0.05, 0) is 37.5 Å². The van der Waals surface area contributed by atoms with Crippen LogP contribution < -0.4 is 0 Å². The van der Waals surface area contributed by atoms with Crippen molar-refractivity contribution in [3.05, 3.63) is 35.9 Å². The van der Waals surface area contributed by atoms with E-state index in [4.69, 9.17) is 0 Å². The molecule has 2 aromatic heterocycles. The predicted molar refractivity (Wildman–Crippen MR) is 89.0 cm³/mol. The lowest BCUT2D eigenvalue weighted by Crippen LogP contribution is -2.19. The number of aromatic nitrogens is 5. The van der Waals surface area contributed by atoms with Crippen LogP contribution >= 0.6 is 0 Å². The molecule has 0 atom stereocenters. The van der Waals surface area contributed by atoms with Crippen LogP contribution in [0.25, 0.3) is 22.8 Å². The van der Waals surface area contributed by atoms with Gasteiger partial charge in [0.15, 0.2) is 0 Å². The van der Waals surface area contributed by atoms with Gasteiger partial charge in [0.1, 0.15) is 17.3 Å². The normalized spacial score (nSPS) is 15.2. The van der Waals surface area contributed by atoms with Crippen LogP contribution in [-0.4, -0.2) is 39.6 Å². The Balaban J connectivity index is 1.83. The number of nitrogens with one attached hydrogen (secondary N) is 1. The van der Waals surface area contributed by atoms with E-state index in [0.29, 0.717) is 11.4 Å². The first kappa shape index (κ1) is 16.8.